The summed E-state index contributed by atoms with van der Waals surface area (Å²) in [5.41, 5.74) is 9.50. The molecule has 4 heteroatoms. The number of aromatic hydroxyl groups is 1. The third-order valence-electron chi connectivity index (χ3n) is 3.25. The lowest BCUT2D eigenvalue weighted by molar-refractivity contribution is 0.475. The Hall–Kier alpha value is -2.88. The van der Waals surface area contributed by atoms with Gasteiger partial charge in [-0.3, -0.25) is 0 Å². The maximum Gasteiger partial charge on any atom is 0.145 e. The molecule has 0 saturated carbocycles. The van der Waals surface area contributed by atoms with Crippen LogP contribution in [0.2, 0.25) is 0 Å². The van der Waals surface area contributed by atoms with Crippen LogP contribution in [0.1, 0.15) is 11.3 Å². The van der Waals surface area contributed by atoms with E-state index in [1.165, 1.54) is 0 Å². The van der Waals surface area contributed by atoms with Crippen molar-refractivity contribution in [2.75, 3.05) is 5.73 Å². The Labute approximate surface area is 122 Å². The predicted octanol–water partition coefficient (Wildman–Crippen LogP) is 3.02. The van der Waals surface area contributed by atoms with Crippen LogP contribution < -0.4 is 5.73 Å². The van der Waals surface area contributed by atoms with Gasteiger partial charge in [-0.05, 0) is 17.7 Å². The molecule has 0 saturated heterocycles. The van der Waals surface area contributed by atoms with E-state index in [2.05, 4.69) is 9.97 Å². The fourth-order valence-corrected chi connectivity index (χ4v) is 2.12. The van der Waals surface area contributed by atoms with E-state index in [1.54, 1.807) is 18.3 Å². The van der Waals surface area contributed by atoms with Gasteiger partial charge in [0.05, 0.1) is 17.6 Å². The lowest BCUT2D eigenvalue weighted by Gasteiger charge is -2.07. The first-order valence-electron chi connectivity index (χ1n) is 6.67. The molecule has 4 nitrogen and oxygen atoms in total. The second-order valence-electron chi connectivity index (χ2n) is 4.80. The minimum atomic E-state index is 0.246. The third-order valence-corrected chi connectivity index (χ3v) is 3.25. The second-order valence-corrected chi connectivity index (χ2v) is 4.80. The summed E-state index contributed by atoms with van der Waals surface area (Å²) in [5, 5.41) is 9.32. The smallest absolute Gasteiger partial charge is 0.145 e. The number of anilines is 1. The van der Waals surface area contributed by atoms with Gasteiger partial charge in [0.1, 0.15) is 11.6 Å². The highest BCUT2D eigenvalue weighted by Crippen LogP contribution is 2.20. The molecule has 104 valence electrons. The summed E-state index contributed by atoms with van der Waals surface area (Å²) >= 11 is 0. The molecule has 0 spiro atoms. The molecule has 0 atom stereocenters. The van der Waals surface area contributed by atoms with Gasteiger partial charge in [0.2, 0.25) is 0 Å². The minimum absolute atomic E-state index is 0.246. The molecule has 0 fully saturated rings. The molecule has 21 heavy (non-hydrogen) atoms. The maximum absolute atomic E-state index is 9.32. The molecule has 0 unspecified atom stereocenters. The van der Waals surface area contributed by atoms with Crippen LogP contribution in [-0.2, 0) is 6.42 Å². The van der Waals surface area contributed by atoms with Gasteiger partial charge >= 0.3 is 0 Å². The number of benzene rings is 2. The van der Waals surface area contributed by atoms with Crippen LogP contribution in [0.4, 0.5) is 5.82 Å². The second kappa shape index (κ2) is 5.63. The molecule has 2 aromatic carbocycles. The zero-order valence-corrected chi connectivity index (χ0v) is 11.4. The third kappa shape index (κ3) is 3.00. The Bertz CT molecular complexity index is 740. The number of nitrogens with two attached hydrogens (primary N) is 1. The van der Waals surface area contributed by atoms with Crippen molar-refractivity contribution in [1.82, 2.24) is 9.97 Å². The average Bonchev–Trinajstić information content (AvgIpc) is 2.52. The minimum Gasteiger partial charge on any atom is -0.508 e. The molecule has 0 aliphatic heterocycles. The quantitative estimate of drug-likeness (QED) is 0.772. The largest absolute Gasteiger partial charge is 0.508 e. The highest BCUT2D eigenvalue weighted by atomic mass is 16.3. The van der Waals surface area contributed by atoms with Crippen LogP contribution in [0.15, 0.2) is 60.8 Å². The van der Waals surface area contributed by atoms with Crippen molar-refractivity contribution in [2.45, 2.75) is 6.42 Å². The van der Waals surface area contributed by atoms with Crippen LogP contribution >= 0.6 is 0 Å². The van der Waals surface area contributed by atoms with Crippen molar-refractivity contribution < 1.29 is 5.11 Å². The van der Waals surface area contributed by atoms with E-state index in [0.717, 1.165) is 22.5 Å². The summed E-state index contributed by atoms with van der Waals surface area (Å²) in [6.45, 7) is 0. The summed E-state index contributed by atoms with van der Waals surface area (Å²) in [7, 11) is 0. The zero-order chi connectivity index (χ0) is 14.7. The molecule has 0 aliphatic carbocycles. The molecule has 3 N–H and O–H groups in total. The van der Waals surface area contributed by atoms with Gasteiger partial charge in [0.25, 0.3) is 0 Å². The molecule has 1 aromatic heterocycles. The van der Waals surface area contributed by atoms with E-state index in [0.29, 0.717) is 12.2 Å². The molecule has 1 heterocycles. The maximum atomic E-state index is 9.32. The summed E-state index contributed by atoms with van der Waals surface area (Å²) in [6, 6.07) is 16.9. The Morgan fingerprint density at radius 2 is 1.67 bits per heavy atom. The van der Waals surface area contributed by atoms with E-state index >= 15 is 0 Å². The van der Waals surface area contributed by atoms with Crippen LogP contribution in [0, 0.1) is 0 Å². The normalized spacial score (nSPS) is 10.5. The molecule has 0 radical (unpaired) electrons. The first-order valence-corrected chi connectivity index (χ1v) is 6.67. The van der Waals surface area contributed by atoms with E-state index in [-0.39, 0.29) is 5.75 Å². The number of hydrogen-bond donors (Lipinski definition) is 2. The standard InChI is InChI=1S/C17H15N3O/c18-17-15(10-12-6-8-14(21)9-7-12)20-16(11-19-17)13-4-2-1-3-5-13/h1-9,11,21H,10H2,(H2,18,19). The van der Waals surface area contributed by atoms with Crippen molar-refractivity contribution in [3.63, 3.8) is 0 Å². The van der Waals surface area contributed by atoms with Crippen molar-refractivity contribution >= 4 is 5.82 Å². The molecule has 0 amide bonds. The monoisotopic (exact) mass is 277 g/mol. The number of nitrogen functional groups attached to an aromatic ring is 1. The van der Waals surface area contributed by atoms with Crippen LogP contribution in [-0.4, -0.2) is 15.1 Å². The number of aromatic nitrogens is 2. The topological polar surface area (TPSA) is 72.0 Å². The highest BCUT2D eigenvalue weighted by Gasteiger charge is 2.07. The number of hydrogen-bond acceptors (Lipinski definition) is 4. The van der Waals surface area contributed by atoms with Crippen LogP contribution in [0.3, 0.4) is 0 Å². The van der Waals surface area contributed by atoms with Gasteiger partial charge < -0.3 is 10.8 Å². The first kappa shape index (κ1) is 13.1. The highest BCUT2D eigenvalue weighted by molar-refractivity contribution is 5.59. The Morgan fingerprint density at radius 3 is 2.38 bits per heavy atom. The van der Waals surface area contributed by atoms with Gasteiger partial charge in [-0.1, -0.05) is 42.5 Å². The summed E-state index contributed by atoms with van der Waals surface area (Å²) in [5.74, 6) is 0.679. The predicted molar refractivity (Wildman–Crippen MR) is 82.8 cm³/mol. The summed E-state index contributed by atoms with van der Waals surface area (Å²) < 4.78 is 0. The van der Waals surface area contributed by atoms with E-state index in [1.807, 2.05) is 42.5 Å². The Kier molecular flexibility index (Phi) is 3.51. The molecule has 3 aromatic rings. The van der Waals surface area contributed by atoms with Gasteiger partial charge in [-0.15, -0.1) is 0 Å². The first-order chi connectivity index (χ1) is 10.2. The molecular weight excluding hydrogens is 262 g/mol. The lowest BCUT2D eigenvalue weighted by Crippen LogP contribution is -2.03. The van der Waals surface area contributed by atoms with Crippen LogP contribution in [0.25, 0.3) is 11.3 Å². The molecule has 3 rings (SSSR count). The number of rotatable bonds is 3. The van der Waals surface area contributed by atoms with Crippen LogP contribution in [0.5, 0.6) is 5.75 Å². The summed E-state index contributed by atoms with van der Waals surface area (Å²) in [4.78, 5) is 8.85. The van der Waals surface area contributed by atoms with Gasteiger partial charge in [0, 0.05) is 12.0 Å². The Morgan fingerprint density at radius 1 is 0.952 bits per heavy atom. The zero-order valence-electron chi connectivity index (χ0n) is 11.4. The van der Waals surface area contributed by atoms with Crippen molar-refractivity contribution in [1.29, 1.82) is 0 Å². The molecular formula is C17H15N3O. The van der Waals surface area contributed by atoms with E-state index in [9.17, 15) is 5.11 Å². The number of phenolic OH excluding ortho intramolecular Hbond substituents is 1. The lowest BCUT2D eigenvalue weighted by atomic mass is 10.1. The number of nitrogens with zero attached hydrogens (tertiary/aromatic N) is 2. The van der Waals surface area contributed by atoms with Crippen molar-refractivity contribution in [3.8, 4) is 17.0 Å². The fraction of sp³-hybridized carbons (Fsp3) is 0.0588. The fourth-order valence-electron chi connectivity index (χ4n) is 2.12. The molecule has 0 bridgehead atoms. The van der Waals surface area contributed by atoms with Gasteiger partial charge in [-0.25, -0.2) is 9.97 Å². The average molecular weight is 277 g/mol. The molecule has 0 aliphatic rings. The van der Waals surface area contributed by atoms with E-state index < -0.39 is 0 Å². The Balaban J connectivity index is 1.93. The van der Waals surface area contributed by atoms with Crippen molar-refractivity contribution in [2.24, 2.45) is 0 Å². The van der Waals surface area contributed by atoms with Gasteiger partial charge in [-0.2, -0.15) is 0 Å². The SMILES string of the molecule is Nc1ncc(-c2ccccc2)nc1Cc1ccc(O)cc1. The van der Waals surface area contributed by atoms with E-state index in [4.69, 9.17) is 5.73 Å². The number of phenols is 1. The summed E-state index contributed by atoms with van der Waals surface area (Å²) in [6.07, 6.45) is 2.27. The van der Waals surface area contributed by atoms with Crippen molar-refractivity contribution in [3.05, 3.63) is 72.1 Å². The van der Waals surface area contributed by atoms with Gasteiger partial charge in [0.15, 0.2) is 0 Å².